The summed E-state index contributed by atoms with van der Waals surface area (Å²) in [5.74, 6) is 0. The molecule has 0 fully saturated rings. The predicted molar refractivity (Wildman–Crippen MR) is 167 cm³/mol. The zero-order chi connectivity index (χ0) is 26.0. The molecule has 2 aromatic carbocycles. The fraction of sp³-hybridized carbons (Fsp3) is 0.529. The summed E-state index contributed by atoms with van der Waals surface area (Å²) < 4.78 is 1.59. The van der Waals surface area contributed by atoms with Crippen LogP contribution in [0.1, 0.15) is 109 Å². The molecule has 0 nitrogen and oxygen atoms in total. The molecule has 2 unspecified atom stereocenters. The van der Waals surface area contributed by atoms with Crippen molar-refractivity contribution in [1.82, 2.24) is 0 Å². The van der Waals surface area contributed by atoms with Crippen molar-refractivity contribution in [3.8, 4) is 0 Å². The van der Waals surface area contributed by atoms with E-state index in [0.29, 0.717) is 0 Å². The first-order chi connectivity index (χ1) is 18.2. The summed E-state index contributed by atoms with van der Waals surface area (Å²) in [4.78, 5) is 0. The summed E-state index contributed by atoms with van der Waals surface area (Å²) in [5, 5.41) is 3.83. The molecular formula is C34H48F2HfP2. The van der Waals surface area contributed by atoms with Gasteiger partial charge in [-0.3, -0.25) is 0 Å². The van der Waals surface area contributed by atoms with E-state index in [0.717, 1.165) is 7.35 Å². The summed E-state index contributed by atoms with van der Waals surface area (Å²) in [6, 6.07) is 19.0. The molecule has 212 valence electrons. The maximum absolute atomic E-state index is 2.70. The second kappa shape index (κ2) is 18.1. The first-order valence-corrected chi connectivity index (χ1v) is 22.7. The van der Waals surface area contributed by atoms with Gasteiger partial charge >= 0.3 is 243 Å². The van der Waals surface area contributed by atoms with E-state index in [2.05, 4.69) is 88.4 Å². The van der Waals surface area contributed by atoms with Gasteiger partial charge in [0.1, 0.15) is 0 Å². The first-order valence-electron chi connectivity index (χ1n) is 15.1. The molecule has 0 spiro atoms. The second-order valence-electron chi connectivity index (χ2n) is 10.8. The van der Waals surface area contributed by atoms with Crippen molar-refractivity contribution >= 4 is 28.0 Å². The number of hydrogen-bond donors (Lipinski definition) is 0. The van der Waals surface area contributed by atoms with Gasteiger partial charge in [0.15, 0.2) is 0 Å². The molecule has 2 atom stereocenters. The van der Waals surface area contributed by atoms with Gasteiger partial charge in [-0.1, -0.05) is 0 Å². The number of rotatable bonds is 16. The van der Waals surface area contributed by atoms with Gasteiger partial charge in [-0.25, -0.2) is 0 Å². The van der Waals surface area contributed by atoms with E-state index in [-0.39, 0.29) is 25.3 Å². The molecule has 2 aliphatic carbocycles. The molecule has 0 saturated heterocycles. The molecule has 0 radical (unpaired) electrons. The van der Waals surface area contributed by atoms with Gasteiger partial charge in [0.25, 0.3) is 0 Å². The summed E-state index contributed by atoms with van der Waals surface area (Å²) in [6.07, 6.45) is 22.2. The maximum atomic E-state index is 2.70. The molecule has 0 N–H and O–H groups in total. The molecular weight excluding hydrogens is 687 g/mol. The van der Waals surface area contributed by atoms with Crippen LogP contribution >= 0.6 is 15.8 Å². The zero-order valence-electron chi connectivity index (χ0n) is 24.6. The molecule has 39 heavy (non-hydrogen) atoms. The Morgan fingerprint density at radius 3 is 1.21 bits per heavy atom. The summed E-state index contributed by atoms with van der Waals surface area (Å²) >= 11 is -1.11. The van der Waals surface area contributed by atoms with Crippen LogP contribution in [0.15, 0.2) is 59.2 Å². The Balaban J connectivity index is 0.00000267. The number of halogens is 2. The van der Waals surface area contributed by atoms with E-state index in [1.54, 1.807) is 22.3 Å². The molecule has 0 saturated carbocycles. The van der Waals surface area contributed by atoms with Crippen LogP contribution in [0.3, 0.4) is 0 Å². The molecule has 0 heterocycles. The van der Waals surface area contributed by atoms with Crippen LogP contribution in [0, 0.1) is 0 Å². The van der Waals surface area contributed by atoms with Crippen LogP contribution in [0.25, 0.3) is 12.2 Å². The number of unbranched alkanes of at least 4 members (excludes halogenated alkanes) is 4. The third-order valence-corrected chi connectivity index (χ3v) is 22.3. The first kappa shape index (κ1) is 34.7. The van der Waals surface area contributed by atoms with Crippen LogP contribution in [-0.4, -0.2) is 24.6 Å². The minimum Gasteiger partial charge on any atom is -1.00 e. The molecule has 0 aromatic heterocycles. The number of benzene rings is 2. The fourth-order valence-corrected chi connectivity index (χ4v) is 23.1. The third kappa shape index (κ3) is 8.75. The SMILES string of the molecule is CCCCP(CCCC)C1=Cc2ccccc2[CH]1[Hf+2][CH]1C(P(CCCC)CCCC)=Cc2ccccc21.[F-].[F-]. The van der Waals surface area contributed by atoms with Crippen molar-refractivity contribution in [3.05, 3.63) is 81.4 Å². The van der Waals surface area contributed by atoms with Gasteiger partial charge in [0.05, 0.1) is 0 Å². The zero-order valence-corrected chi connectivity index (χ0v) is 29.9. The molecule has 4 rings (SSSR count). The fourth-order valence-electron chi connectivity index (χ4n) is 5.82. The minimum absolute atomic E-state index is 0. The van der Waals surface area contributed by atoms with Crippen molar-refractivity contribution in [2.75, 3.05) is 24.6 Å². The Morgan fingerprint density at radius 1 is 0.538 bits per heavy atom. The van der Waals surface area contributed by atoms with E-state index in [4.69, 9.17) is 0 Å². The largest absolute Gasteiger partial charge is 1.00 e. The number of allylic oxidation sites excluding steroid dienone is 2. The van der Waals surface area contributed by atoms with E-state index < -0.39 is 22.9 Å². The van der Waals surface area contributed by atoms with Gasteiger partial charge in [-0.05, 0) is 0 Å². The van der Waals surface area contributed by atoms with E-state index in [9.17, 15) is 0 Å². The minimum atomic E-state index is -1.11. The Kier molecular flexibility index (Phi) is 16.1. The Morgan fingerprint density at radius 2 is 0.872 bits per heavy atom. The van der Waals surface area contributed by atoms with Crippen LogP contribution < -0.4 is 9.41 Å². The van der Waals surface area contributed by atoms with Crippen LogP contribution in [0.2, 0.25) is 0 Å². The third-order valence-electron chi connectivity index (χ3n) is 8.00. The van der Waals surface area contributed by atoms with Gasteiger partial charge < -0.3 is 9.41 Å². The van der Waals surface area contributed by atoms with Crippen molar-refractivity contribution in [2.24, 2.45) is 0 Å². The predicted octanol–water partition coefficient (Wildman–Crippen LogP) is 5.43. The van der Waals surface area contributed by atoms with E-state index >= 15 is 0 Å². The van der Waals surface area contributed by atoms with Crippen molar-refractivity contribution in [2.45, 2.75) is 86.4 Å². The van der Waals surface area contributed by atoms with Gasteiger partial charge in [-0.2, -0.15) is 0 Å². The average molecular weight is 735 g/mol. The van der Waals surface area contributed by atoms with Gasteiger partial charge in [0, 0.05) is 0 Å². The summed E-state index contributed by atoms with van der Waals surface area (Å²) in [5.41, 5.74) is 6.53. The van der Waals surface area contributed by atoms with Crippen molar-refractivity contribution in [3.63, 3.8) is 0 Å². The van der Waals surface area contributed by atoms with E-state index in [1.807, 2.05) is 10.6 Å². The number of fused-ring (bicyclic) bond motifs is 2. The Hall–Kier alpha value is -0.490. The van der Waals surface area contributed by atoms with Gasteiger partial charge in [0.2, 0.25) is 0 Å². The molecule has 0 bridgehead atoms. The van der Waals surface area contributed by atoms with Crippen LogP contribution in [0.5, 0.6) is 0 Å². The second-order valence-corrected chi connectivity index (χ2v) is 21.1. The summed E-state index contributed by atoms with van der Waals surface area (Å²) in [6.45, 7) is 9.51. The van der Waals surface area contributed by atoms with Crippen molar-refractivity contribution in [1.29, 1.82) is 0 Å². The monoisotopic (exact) mass is 736 g/mol. The summed E-state index contributed by atoms with van der Waals surface area (Å²) in [7, 11) is 0.00104. The quantitative estimate of drug-likeness (QED) is 0.160. The molecule has 2 aliphatic rings. The molecule has 0 amide bonds. The number of hydrogen-bond acceptors (Lipinski definition) is 0. The van der Waals surface area contributed by atoms with Crippen molar-refractivity contribution < 1.29 is 32.3 Å². The van der Waals surface area contributed by atoms with E-state index in [1.165, 1.54) is 76.0 Å². The maximum Gasteiger partial charge on any atom is -1.00 e. The van der Waals surface area contributed by atoms with Crippen LogP contribution in [0.4, 0.5) is 0 Å². The topological polar surface area (TPSA) is 0 Å². The van der Waals surface area contributed by atoms with Gasteiger partial charge in [-0.15, -0.1) is 0 Å². The normalized spacial score (nSPS) is 17.2. The molecule has 5 heteroatoms. The smallest absolute Gasteiger partial charge is 1.00 e. The molecule has 2 aromatic rings. The Bertz CT molecular complexity index is 967. The Labute approximate surface area is 251 Å². The molecule has 0 aliphatic heterocycles. The standard InChI is InChI=1S/2C17H24P.2FH.Hf/c2*1-3-5-11-18(12-6-4-2)17-13-15-9-7-8-10-16(15)14-17;;;/h2*7-10,13-14H,3-6,11-12H2,1-2H3;2*1H;/q;;;;+2/p-2. The van der Waals surface area contributed by atoms with Crippen LogP contribution in [-0.2, 0) is 22.9 Å². The average Bonchev–Trinajstić information content (AvgIpc) is 3.48.